The number of carbonyl (C=O) groups is 3. The highest BCUT2D eigenvalue weighted by atomic mass is 32.1. The van der Waals surface area contributed by atoms with Crippen LogP contribution in [0.2, 0.25) is 0 Å². The van der Waals surface area contributed by atoms with E-state index in [1.807, 2.05) is 0 Å². The highest BCUT2D eigenvalue weighted by molar-refractivity contribution is 7.85. The number of thiol groups is 1. The minimum atomic E-state index is -1.63. The zero-order chi connectivity index (χ0) is 18.3. The fourth-order valence-corrected chi connectivity index (χ4v) is 2.40. The Kier molecular flexibility index (Phi) is 7.82. The molecule has 0 aliphatic carbocycles. The lowest BCUT2D eigenvalue weighted by Crippen LogP contribution is -2.48. The van der Waals surface area contributed by atoms with Gasteiger partial charge in [-0.15, -0.1) is 21.9 Å². The zero-order valence-corrected chi connectivity index (χ0v) is 15.0. The van der Waals surface area contributed by atoms with E-state index in [2.05, 4.69) is 33.8 Å². The number of esters is 1. The largest absolute Gasteiger partial charge is 0.464 e. The lowest BCUT2D eigenvalue weighted by molar-refractivity contribution is -0.147. The van der Waals surface area contributed by atoms with E-state index < -0.39 is 29.5 Å². The molecule has 0 spiro atoms. The van der Waals surface area contributed by atoms with Crippen LogP contribution in [0.5, 0.6) is 0 Å². The fourth-order valence-electron chi connectivity index (χ4n) is 1.78. The molecule has 1 amide bonds. The summed E-state index contributed by atoms with van der Waals surface area (Å²) in [6, 6.07) is 2.41. The Labute approximate surface area is 147 Å². The number of Topliss-reactive ketones (excluding diaryl/α,β-unsaturated/α-hetero) is 1. The van der Waals surface area contributed by atoms with Crippen molar-refractivity contribution in [2.24, 2.45) is 0 Å². The van der Waals surface area contributed by atoms with Crippen molar-refractivity contribution in [3.8, 4) is 0 Å². The second kappa shape index (κ2) is 9.35. The third-order valence-corrected chi connectivity index (χ3v) is 3.71. The van der Waals surface area contributed by atoms with Gasteiger partial charge in [0.2, 0.25) is 5.78 Å². The van der Waals surface area contributed by atoms with E-state index in [0.29, 0.717) is 0 Å². The molecule has 2 atom stereocenters. The van der Waals surface area contributed by atoms with Crippen molar-refractivity contribution in [3.05, 3.63) is 53.2 Å². The molecule has 0 aromatic heterocycles. The number of nitrogens with one attached hydrogen (secondary N) is 1. The van der Waals surface area contributed by atoms with Crippen LogP contribution in [0.25, 0.3) is 0 Å². The van der Waals surface area contributed by atoms with Gasteiger partial charge in [0.05, 0.1) is 17.1 Å². The average Bonchev–Trinajstić information content (AvgIpc) is 2.52. The van der Waals surface area contributed by atoms with Gasteiger partial charge in [-0.25, -0.2) is 9.18 Å². The van der Waals surface area contributed by atoms with Crippen molar-refractivity contribution in [3.63, 3.8) is 0 Å². The van der Waals surface area contributed by atoms with E-state index in [1.165, 1.54) is 24.3 Å². The molecule has 1 N–H and O–H groups in total. The second-order valence-corrected chi connectivity index (χ2v) is 5.62. The molecule has 1 aromatic rings. The summed E-state index contributed by atoms with van der Waals surface area (Å²) >= 11 is 3.96. The monoisotopic (exact) mass is 369 g/mol. The SMILES string of the molecule is C=C/C=C(\S)C(=O)C(NC(=O)c1c(F)cccc1P)C(=O)OCC. The smallest absolute Gasteiger partial charge is 0.336 e. The molecule has 2 unspecified atom stereocenters. The van der Waals surface area contributed by atoms with Crippen molar-refractivity contribution < 1.29 is 23.5 Å². The van der Waals surface area contributed by atoms with Crippen LogP contribution in [0, 0.1) is 5.82 Å². The number of ketones is 1. The molecule has 0 saturated heterocycles. The van der Waals surface area contributed by atoms with Crippen molar-refractivity contribution in [1.29, 1.82) is 0 Å². The van der Waals surface area contributed by atoms with Gasteiger partial charge < -0.3 is 10.1 Å². The van der Waals surface area contributed by atoms with Crippen LogP contribution >= 0.6 is 21.9 Å². The van der Waals surface area contributed by atoms with Crippen LogP contribution in [-0.2, 0) is 14.3 Å². The summed E-state index contributed by atoms with van der Waals surface area (Å²) in [7, 11) is 2.21. The third-order valence-electron chi connectivity index (χ3n) is 2.86. The normalized spacial score (nSPS) is 12.2. The minimum Gasteiger partial charge on any atom is -0.464 e. The van der Waals surface area contributed by atoms with Crippen LogP contribution in [0.3, 0.4) is 0 Å². The first-order valence-electron chi connectivity index (χ1n) is 6.90. The summed E-state index contributed by atoms with van der Waals surface area (Å²) in [6.07, 6.45) is 2.58. The number of allylic oxidation sites excluding steroid dienone is 2. The van der Waals surface area contributed by atoms with Crippen LogP contribution in [0.15, 0.2) is 41.8 Å². The lowest BCUT2D eigenvalue weighted by atomic mass is 10.1. The Balaban J connectivity index is 3.15. The predicted molar refractivity (Wildman–Crippen MR) is 95.9 cm³/mol. The number of rotatable bonds is 7. The molecule has 5 nitrogen and oxygen atoms in total. The van der Waals surface area contributed by atoms with Gasteiger partial charge in [-0.3, -0.25) is 9.59 Å². The summed E-state index contributed by atoms with van der Waals surface area (Å²) in [5.74, 6) is -3.43. The first-order valence-corrected chi connectivity index (χ1v) is 7.93. The molecule has 24 heavy (non-hydrogen) atoms. The molecule has 8 heteroatoms. The minimum absolute atomic E-state index is 0.0140. The number of hydrogen-bond donors (Lipinski definition) is 2. The zero-order valence-electron chi connectivity index (χ0n) is 12.9. The number of carbonyl (C=O) groups excluding carboxylic acids is 3. The molecular weight excluding hydrogens is 352 g/mol. The van der Waals surface area contributed by atoms with Crippen LogP contribution in [0.1, 0.15) is 17.3 Å². The number of ether oxygens (including phenoxy) is 1. The van der Waals surface area contributed by atoms with Gasteiger partial charge in [-0.05, 0) is 24.4 Å². The Hall–Kier alpha value is -1.98. The number of amides is 1. The van der Waals surface area contributed by atoms with Gasteiger partial charge in [0.25, 0.3) is 5.91 Å². The third kappa shape index (κ3) is 5.01. The molecule has 128 valence electrons. The molecule has 0 aliphatic rings. The molecule has 1 aromatic carbocycles. The van der Waals surface area contributed by atoms with Crippen molar-refractivity contribution >= 4 is 44.8 Å². The maximum atomic E-state index is 13.9. The summed E-state index contributed by atoms with van der Waals surface area (Å²) in [4.78, 5) is 36.5. The topological polar surface area (TPSA) is 72.5 Å². The van der Waals surface area contributed by atoms with E-state index in [1.54, 1.807) is 6.92 Å². The highest BCUT2D eigenvalue weighted by Crippen LogP contribution is 2.11. The van der Waals surface area contributed by atoms with Crippen LogP contribution in [-0.4, -0.2) is 30.3 Å². The van der Waals surface area contributed by atoms with E-state index in [-0.39, 0.29) is 22.4 Å². The van der Waals surface area contributed by atoms with Gasteiger partial charge in [0, 0.05) is 0 Å². The Bertz CT molecular complexity index is 685. The van der Waals surface area contributed by atoms with Crippen LogP contribution < -0.4 is 10.6 Å². The van der Waals surface area contributed by atoms with Gasteiger partial charge >= 0.3 is 5.97 Å². The van der Waals surface area contributed by atoms with E-state index in [9.17, 15) is 18.8 Å². The van der Waals surface area contributed by atoms with E-state index >= 15 is 0 Å². The molecule has 0 fully saturated rings. The number of halogens is 1. The first kappa shape index (κ1) is 20.1. The predicted octanol–water partition coefficient (Wildman–Crippen LogP) is 1.56. The van der Waals surface area contributed by atoms with Crippen molar-refractivity contribution in [2.45, 2.75) is 13.0 Å². The summed E-state index contributed by atoms with van der Waals surface area (Å²) in [6.45, 7) is 4.99. The summed E-state index contributed by atoms with van der Waals surface area (Å²) in [5, 5.41) is 2.49. The molecule has 0 heterocycles. The highest BCUT2D eigenvalue weighted by Gasteiger charge is 2.32. The maximum Gasteiger partial charge on any atom is 0.336 e. The molecule has 0 saturated carbocycles. The van der Waals surface area contributed by atoms with Crippen LogP contribution in [0.4, 0.5) is 4.39 Å². The number of benzene rings is 1. The fraction of sp³-hybridized carbons (Fsp3) is 0.188. The van der Waals surface area contributed by atoms with E-state index in [4.69, 9.17) is 4.74 Å². The van der Waals surface area contributed by atoms with Gasteiger partial charge in [-0.1, -0.05) is 24.8 Å². The van der Waals surface area contributed by atoms with Crippen molar-refractivity contribution in [1.82, 2.24) is 5.32 Å². The summed E-state index contributed by atoms with van der Waals surface area (Å²) in [5.41, 5.74) is -0.280. The molecular formula is C16H17FNO4PS. The molecule has 0 radical (unpaired) electrons. The Morgan fingerprint density at radius 3 is 2.67 bits per heavy atom. The van der Waals surface area contributed by atoms with Gasteiger partial charge in [0.1, 0.15) is 5.82 Å². The number of hydrogen-bond acceptors (Lipinski definition) is 5. The molecule has 0 bridgehead atoms. The lowest BCUT2D eigenvalue weighted by Gasteiger charge is -2.17. The van der Waals surface area contributed by atoms with E-state index in [0.717, 1.165) is 6.07 Å². The maximum absolute atomic E-state index is 13.9. The first-order chi connectivity index (χ1) is 11.3. The molecule has 1 rings (SSSR count). The van der Waals surface area contributed by atoms with Crippen molar-refractivity contribution in [2.75, 3.05) is 6.61 Å². The van der Waals surface area contributed by atoms with Gasteiger partial charge in [-0.2, -0.15) is 0 Å². The summed E-state index contributed by atoms with van der Waals surface area (Å²) < 4.78 is 18.7. The average molecular weight is 369 g/mol. The Morgan fingerprint density at radius 2 is 2.12 bits per heavy atom. The standard InChI is InChI=1S/C16H17FNO4PS/c1-3-6-11(24)14(19)13(16(21)22-4-2)18-15(20)12-9(17)7-5-8-10(12)23/h3,5-8,13,24H,1,4,23H2,2H3,(H,18,20)/b11-6-. The second-order valence-electron chi connectivity index (χ2n) is 4.51. The molecule has 0 aliphatic heterocycles. The quantitative estimate of drug-likeness (QED) is 0.191. The van der Waals surface area contributed by atoms with Gasteiger partial charge in [0.15, 0.2) is 6.04 Å². The Morgan fingerprint density at radius 1 is 1.46 bits per heavy atom.